The van der Waals surface area contributed by atoms with E-state index in [9.17, 15) is 0 Å². The van der Waals surface area contributed by atoms with Gasteiger partial charge in [0, 0.05) is 5.92 Å². The van der Waals surface area contributed by atoms with Crippen LogP contribution in [0.2, 0.25) is 0 Å². The van der Waals surface area contributed by atoms with Gasteiger partial charge in [-0.1, -0.05) is 18.3 Å². The van der Waals surface area contributed by atoms with Gasteiger partial charge in [0.2, 0.25) is 0 Å². The second kappa shape index (κ2) is 5.06. The number of rotatable bonds is 4. The van der Waals surface area contributed by atoms with Crippen molar-refractivity contribution in [1.82, 2.24) is 15.5 Å². The molecule has 4 saturated carbocycles. The maximum absolute atomic E-state index is 4.59. The Morgan fingerprint density at radius 3 is 2.35 bits per heavy atom. The van der Waals surface area contributed by atoms with Crippen molar-refractivity contribution in [3.63, 3.8) is 0 Å². The average Bonchev–Trinajstić information content (AvgIpc) is 2.87. The van der Waals surface area contributed by atoms with E-state index in [0.29, 0.717) is 6.04 Å². The predicted octanol–water partition coefficient (Wildman–Crippen LogP) is 3.75. The Morgan fingerprint density at radius 1 is 1.10 bits per heavy atom. The fourth-order valence-electron chi connectivity index (χ4n) is 5.28. The Labute approximate surface area is 125 Å². The van der Waals surface area contributed by atoms with Crippen LogP contribution in [0.25, 0.3) is 0 Å². The van der Waals surface area contributed by atoms with Crippen molar-refractivity contribution in [2.75, 3.05) is 6.54 Å². The summed E-state index contributed by atoms with van der Waals surface area (Å²) in [7, 11) is 0. The van der Waals surface area contributed by atoms with Crippen molar-refractivity contribution < 1.29 is 0 Å². The Balaban J connectivity index is 1.56. The van der Waals surface area contributed by atoms with Crippen LogP contribution in [0.15, 0.2) is 0 Å². The lowest BCUT2D eigenvalue weighted by Gasteiger charge is -2.53. The first-order valence-corrected chi connectivity index (χ1v) is 9.13. The summed E-state index contributed by atoms with van der Waals surface area (Å²) in [4.78, 5) is 0. The molecule has 4 bridgehead atoms. The van der Waals surface area contributed by atoms with E-state index >= 15 is 0 Å². The molecule has 1 unspecified atom stereocenters. The molecule has 110 valence electrons. The predicted molar refractivity (Wildman–Crippen MR) is 81.8 cm³/mol. The Kier molecular flexibility index (Phi) is 3.34. The Hall–Kier alpha value is -0.480. The van der Waals surface area contributed by atoms with Crippen LogP contribution in [-0.2, 0) is 0 Å². The van der Waals surface area contributed by atoms with Gasteiger partial charge in [-0.2, -0.15) is 0 Å². The SMILES string of the molecule is CCNC(C)c1nnc(C2C3CC4CC(C3)CC2C4)s1. The summed E-state index contributed by atoms with van der Waals surface area (Å²) in [6.07, 6.45) is 7.40. The van der Waals surface area contributed by atoms with E-state index in [2.05, 4.69) is 29.4 Å². The highest BCUT2D eigenvalue weighted by molar-refractivity contribution is 7.11. The smallest absolute Gasteiger partial charge is 0.134 e. The highest BCUT2D eigenvalue weighted by atomic mass is 32.1. The monoisotopic (exact) mass is 291 g/mol. The zero-order chi connectivity index (χ0) is 13.7. The van der Waals surface area contributed by atoms with Gasteiger partial charge in [-0.25, -0.2) is 0 Å². The van der Waals surface area contributed by atoms with Crippen LogP contribution in [0, 0.1) is 23.7 Å². The largest absolute Gasteiger partial charge is 0.308 e. The molecule has 3 nitrogen and oxygen atoms in total. The molecule has 20 heavy (non-hydrogen) atoms. The summed E-state index contributed by atoms with van der Waals surface area (Å²) in [6.45, 7) is 5.34. The first-order valence-electron chi connectivity index (χ1n) is 8.31. The van der Waals surface area contributed by atoms with Gasteiger partial charge in [0.25, 0.3) is 0 Å². The van der Waals surface area contributed by atoms with Crippen molar-refractivity contribution >= 4 is 11.3 Å². The minimum Gasteiger partial charge on any atom is -0.308 e. The topological polar surface area (TPSA) is 37.8 Å². The van der Waals surface area contributed by atoms with Crippen molar-refractivity contribution in [2.45, 2.75) is 57.9 Å². The molecule has 1 heterocycles. The lowest BCUT2D eigenvalue weighted by atomic mass is 9.52. The summed E-state index contributed by atoms with van der Waals surface area (Å²) >= 11 is 1.88. The molecule has 4 aliphatic rings. The molecule has 4 aliphatic carbocycles. The highest BCUT2D eigenvalue weighted by Gasteiger charge is 2.49. The zero-order valence-corrected chi connectivity index (χ0v) is 13.3. The summed E-state index contributed by atoms with van der Waals surface area (Å²) in [5.74, 6) is 4.66. The molecule has 5 rings (SSSR count). The standard InChI is InChI=1S/C16H25N3S/c1-3-17-9(2)15-18-19-16(20-15)14-12-5-10-4-11(7-12)8-13(14)6-10/h9-14,17H,3-8H2,1-2H3. The average molecular weight is 291 g/mol. The van der Waals surface area contributed by atoms with E-state index in [1.54, 1.807) is 0 Å². The summed E-state index contributed by atoms with van der Waals surface area (Å²) < 4.78 is 0. The van der Waals surface area contributed by atoms with E-state index in [0.717, 1.165) is 36.1 Å². The van der Waals surface area contributed by atoms with E-state index in [1.165, 1.54) is 42.1 Å². The maximum atomic E-state index is 4.59. The van der Waals surface area contributed by atoms with E-state index in [4.69, 9.17) is 0 Å². The van der Waals surface area contributed by atoms with Gasteiger partial charge in [-0.05, 0) is 69.2 Å². The molecule has 0 aromatic carbocycles. The lowest BCUT2D eigenvalue weighted by Crippen LogP contribution is -2.43. The number of aromatic nitrogens is 2. The minimum atomic E-state index is 0.350. The van der Waals surface area contributed by atoms with Gasteiger partial charge in [-0.15, -0.1) is 10.2 Å². The number of nitrogens with zero attached hydrogens (tertiary/aromatic N) is 2. The fraction of sp³-hybridized carbons (Fsp3) is 0.875. The molecule has 4 heteroatoms. The highest BCUT2D eigenvalue weighted by Crippen LogP contribution is 2.60. The normalized spacial score (nSPS) is 40.2. The van der Waals surface area contributed by atoms with Gasteiger partial charge in [0.1, 0.15) is 10.0 Å². The second-order valence-electron chi connectivity index (χ2n) is 7.21. The van der Waals surface area contributed by atoms with Crippen LogP contribution in [0.5, 0.6) is 0 Å². The zero-order valence-electron chi connectivity index (χ0n) is 12.5. The number of nitrogens with one attached hydrogen (secondary N) is 1. The molecular weight excluding hydrogens is 266 g/mol. The van der Waals surface area contributed by atoms with Gasteiger partial charge in [-0.3, -0.25) is 0 Å². The molecule has 1 atom stereocenters. The quantitative estimate of drug-likeness (QED) is 0.918. The first-order chi connectivity index (χ1) is 9.74. The molecule has 0 spiro atoms. The van der Waals surface area contributed by atoms with Gasteiger partial charge < -0.3 is 5.32 Å². The molecule has 0 amide bonds. The number of hydrogen-bond donors (Lipinski definition) is 1. The van der Waals surface area contributed by atoms with Crippen LogP contribution in [-0.4, -0.2) is 16.7 Å². The maximum Gasteiger partial charge on any atom is 0.134 e. The van der Waals surface area contributed by atoms with Gasteiger partial charge in [0.05, 0.1) is 6.04 Å². The van der Waals surface area contributed by atoms with Crippen LogP contribution in [0.3, 0.4) is 0 Å². The lowest BCUT2D eigenvalue weighted by molar-refractivity contribution is -0.00303. The van der Waals surface area contributed by atoms with E-state index < -0.39 is 0 Å². The molecule has 1 aromatic rings. The van der Waals surface area contributed by atoms with Crippen molar-refractivity contribution in [1.29, 1.82) is 0 Å². The molecule has 1 aromatic heterocycles. The van der Waals surface area contributed by atoms with Crippen molar-refractivity contribution in [2.24, 2.45) is 23.7 Å². The molecule has 0 radical (unpaired) electrons. The third-order valence-corrected chi connectivity index (χ3v) is 7.06. The molecule has 4 fully saturated rings. The third kappa shape index (κ3) is 2.12. The molecule has 0 aliphatic heterocycles. The van der Waals surface area contributed by atoms with E-state index in [1.807, 2.05) is 11.3 Å². The third-order valence-electron chi connectivity index (χ3n) is 5.85. The van der Waals surface area contributed by atoms with Gasteiger partial charge >= 0.3 is 0 Å². The summed E-state index contributed by atoms with van der Waals surface area (Å²) in [6, 6.07) is 0.350. The second-order valence-corrected chi connectivity index (χ2v) is 8.26. The molecule has 0 saturated heterocycles. The summed E-state index contributed by atoms with van der Waals surface area (Å²) in [5, 5.41) is 15.0. The van der Waals surface area contributed by atoms with Crippen LogP contribution in [0.1, 0.15) is 67.9 Å². The summed E-state index contributed by atoms with van der Waals surface area (Å²) in [5.41, 5.74) is 0. The van der Waals surface area contributed by atoms with E-state index in [-0.39, 0.29) is 0 Å². The Morgan fingerprint density at radius 2 is 1.75 bits per heavy atom. The first kappa shape index (κ1) is 13.2. The fourth-order valence-corrected chi connectivity index (χ4v) is 6.44. The van der Waals surface area contributed by atoms with Crippen molar-refractivity contribution in [3.05, 3.63) is 10.0 Å². The van der Waals surface area contributed by atoms with Gasteiger partial charge in [0.15, 0.2) is 0 Å². The minimum absolute atomic E-state index is 0.350. The van der Waals surface area contributed by atoms with Crippen LogP contribution < -0.4 is 5.32 Å². The number of hydrogen-bond acceptors (Lipinski definition) is 4. The van der Waals surface area contributed by atoms with Crippen LogP contribution in [0.4, 0.5) is 0 Å². The Bertz CT molecular complexity index is 456. The molecular formula is C16H25N3S. The molecule has 1 N–H and O–H groups in total. The van der Waals surface area contributed by atoms with Crippen molar-refractivity contribution in [3.8, 4) is 0 Å². The van der Waals surface area contributed by atoms with Crippen LogP contribution >= 0.6 is 11.3 Å².